The van der Waals surface area contributed by atoms with E-state index in [0.717, 1.165) is 29.1 Å². The van der Waals surface area contributed by atoms with Crippen LogP contribution in [0.1, 0.15) is 35.6 Å². The average molecular weight is 401 g/mol. The molecule has 4 nitrogen and oxygen atoms in total. The highest BCUT2D eigenvalue weighted by Gasteiger charge is 2.24. The van der Waals surface area contributed by atoms with Crippen molar-refractivity contribution in [3.05, 3.63) is 95.7 Å². The SMILES string of the molecule is COc1cccc([C@H](CN[C@H](C)c2ccccc2)c2c[nH]c3ccccc23)c1OC. The van der Waals surface area contributed by atoms with Crippen molar-refractivity contribution in [3.63, 3.8) is 0 Å². The first-order valence-corrected chi connectivity index (χ1v) is 10.3. The van der Waals surface area contributed by atoms with Crippen LogP contribution in [0.3, 0.4) is 0 Å². The maximum atomic E-state index is 5.79. The molecule has 3 aromatic carbocycles. The van der Waals surface area contributed by atoms with E-state index in [0.29, 0.717) is 0 Å². The Morgan fingerprint density at radius 1 is 0.833 bits per heavy atom. The second-order valence-electron chi connectivity index (χ2n) is 7.47. The summed E-state index contributed by atoms with van der Waals surface area (Å²) in [5, 5.41) is 4.95. The summed E-state index contributed by atoms with van der Waals surface area (Å²) in [7, 11) is 3.38. The Kier molecular flexibility index (Phi) is 6.05. The molecular weight excluding hydrogens is 372 g/mol. The summed E-state index contributed by atoms with van der Waals surface area (Å²) in [6.07, 6.45) is 2.11. The molecule has 0 spiro atoms. The lowest BCUT2D eigenvalue weighted by Gasteiger charge is -2.24. The van der Waals surface area contributed by atoms with Gasteiger partial charge in [0.15, 0.2) is 11.5 Å². The Morgan fingerprint density at radius 3 is 2.37 bits per heavy atom. The van der Waals surface area contributed by atoms with E-state index in [1.54, 1.807) is 14.2 Å². The predicted molar refractivity (Wildman–Crippen MR) is 123 cm³/mol. The van der Waals surface area contributed by atoms with Crippen molar-refractivity contribution >= 4 is 10.9 Å². The van der Waals surface area contributed by atoms with Gasteiger partial charge in [-0.25, -0.2) is 0 Å². The van der Waals surface area contributed by atoms with Gasteiger partial charge in [-0.05, 0) is 30.2 Å². The lowest BCUT2D eigenvalue weighted by molar-refractivity contribution is 0.350. The molecule has 4 heteroatoms. The zero-order valence-corrected chi connectivity index (χ0v) is 17.7. The second-order valence-corrected chi connectivity index (χ2v) is 7.47. The molecule has 0 unspecified atom stereocenters. The molecule has 4 rings (SSSR count). The fourth-order valence-electron chi connectivity index (χ4n) is 4.11. The Hall–Kier alpha value is -3.24. The summed E-state index contributed by atoms with van der Waals surface area (Å²) in [5.74, 6) is 1.62. The number of aromatic amines is 1. The van der Waals surface area contributed by atoms with Gasteiger partial charge >= 0.3 is 0 Å². The molecule has 0 aliphatic carbocycles. The fraction of sp³-hybridized carbons (Fsp3) is 0.231. The quantitative estimate of drug-likeness (QED) is 0.401. The third-order valence-corrected chi connectivity index (χ3v) is 5.73. The number of hydrogen-bond acceptors (Lipinski definition) is 3. The number of aromatic nitrogens is 1. The number of rotatable bonds is 8. The van der Waals surface area contributed by atoms with Crippen molar-refractivity contribution < 1.29 is 9.47 Å². The monoisotopic (exact) mass is 400 g/mol. The summed E-state index contributed by atoms with van der Waals surface area (Å²) in [6, 6.07) is 25.3. The summed E-state index contributed by atoms with van der Waals surface area (Å²) >= 11 is 0. The third kappa shape index (κ3) is 3.91. The van der Waals surface area contributed by atoms with E-state index < -0.39 is 0 Å². The van der Waals surface area contributed by atoms with Crippen molar-refractivity contribution in [2.75, 3.05) is 20.8 Å². The molecule has 1 aromatic heterocycles. The van der Waals surface area contributed by atoms with Crippen molar-refractivity contribution in [1.29, 1.82) is 0 Å². The van der Waals surface area contributed by atoms with Gasteiger partial charge in [0.05, 0.1) is 14.2 Å². The molecule has 4 aromatic rings. The van der Waals surface area contributed by atoms with E-state index in [1.807, 2.05) is 18.2 Å². The van der Waals surface area contributed by atoms with Gasteiger partial charge < -0.3 is 19.8 Å². The first kappa shape index (κ1) is 20.0. The van der Waals surface area contributed by atoms with E-state index in [2.05, 4.69) is 78.0 Å². The van der Waals surface area contributed by atoms with Crippen LogP contribution in [0.2, 0.25) is 0 Å². The summed E-state index contributed by atoms with van der Waals surface area (Å²) in [6.45, 7) is 2.96. The van der Waals surface area contributed by atoms with Crippen LogP contribution >= 0.6 is 0 Å². The summed E-state index contributed by atoms with van der Waals surface area (Å²) < 4.78 is 11.4. The zero-order valence-electron chi connectivity index (χ0n) is 17.7. The largest absolute Gasteiger partial charge is 0.493 e. The standard InChI is InChI=1S/C26H28N2O2/c1-18(19-10-5-4-6-11-19)27-16-23(21-13-9-15-25(29-2)26(21)30-3)22-17-28-24-14-8-7-12-20(22)24/h4-15,17-18,23,27-28H,16H2,1-3H3/t18-,23+/m1/s1. The lowest BCUT2D eigenvalue weighted by atomic mass is 9.89. The highest BCUT2D eigenvalue weighted by atomic mass is 16.5. The van der Waals surface area contributed by atoms with E-state index in [-0.39, 0.29) is 12.0 Å². The van der Waals surface area contributed by atoms with Gasteiger partial charge in [-0.2, -0.15) is 0 Å². The minimum atomic E-state index is 0.0948. The molecule has 0 bridgehead atoms. The van der Waals surface area contributed by atoms with Crippen LogP contribution in [0.4, 0.5) is 0 Å². The van der Waals surface area contributed by atoms with Crippen molar-refractivity contribution in [2.24, 2.45) is 0 Å². The number of nitrogens with one attached hydrogen (secondary N) is 2. The Labute approximate surface area is 177 Å². The van der Waals surface area contributed by atoms with Gasteiger partial charge in [-0.1, -0.05) is 60.7 Å². The molecule has 0 aliphatic heterocycles. The van der Waals surface area contributed by atoms with Crippen LogP contribution < -0.4 is 14.8 Å². The third-order valence-electron chi connectivity index (χ3n) is 5.73. The molecule has 2 atom stereocenters. The van der Waals surface area contributed by atoms with Crippen molar-refractivity contribution in [2.45, 2.75) is 18.9 Å². The number of ether oxygens (including phenoxy) is 2. The van der Waals surface area contributed by atoms with E-state index in [4.69, 9.17) is 9.47 Å². The van der Waals surface area contributed by atoms with Crippen LogP contribution in [0.5, 0.6) is 11.5 Å². The number of benzene rings is 3. The van der Waals surface area contributed by atoms with Crippen LogP contribution in [0.25, 0.3) is 10.9 Å². The molecule has 154 valence electrons. The maximum absolute atomic E-state index is 5.79. The Balaban J connectivity index is 1.74. The predicted octanol–water partition coefficient (Wildman–Crippen LogP) is 5.67. The Bertz CT molecular complexity index is 1100. The van der Waals surface area contributed by atoms with Crippen LogP contribution in [0.15, 0.2) is 79.0 Å². The Morgan fingerprint density at radius 2 is 1.60 bits per heavy atom. The van der Waals surface area contributed by atoms with Gasteiger partial charge in [0.25, 0.3) is 0 Å². The van der Waals surface area contributed by atoms with E-state index in [9.17, 15) is 0 Å². The first-order valence-electron chi connectivity index (χ1n) is 10.3. The summed E-state index contributed by atoms with van der Waals surface area (Å²) in [5.41, 5.74) is 4.75. The minimum absolute atomic E-state index is 0.0948. The topological polar surface area (TPSA) is 46.3 Å². The molecule has 0 radical (unpaired) electrons. The van der Waals surface area contributed by atoms with Crippen molar-refractivity contribution in [1.82, 2.24) is 10.3 Å². The van der Waals surface area contributed by atoms with Gasteiger partial charge in [0, 0.05) is 41.2 Å². The molecule has 30 heavy (non-hydrogen) atoms. The van der Waals surface area contributed by atoms with Gasteiger partial charge in [0.1, 0.15) is 0 Å². The van der Waals surface area contributed by atoms with Crippen LogP contribution in [0, 0.1) is 0 Å². The molecule has 2 N–H and O–H groups in total. The van der Waals surface area contributed by atoms with Gasteiger partial charge in [-0.15, -0.1) is 0 Å². The smallest absolute Gasteiger partial charge is 0.164 e. The maximum Gasteiger partial charge on any atom is 0.164 e. The number of para-hydroxylation sites is 2. The van der Waals surface area contributed by atoms with Crippen LogP contribution in [-0.4, -0.2) is 25.7 Å². The molecular formula is C26H28N2O2. The molecule has 0 aliphatic rings. The fourth-order valence-corrected chi connectivity index (χ4v) is 4.11. The molecule has 0 fully saturated rings. The van der Waals surface area contributed by atoms with E-state index >= 15 is 0 Å². The lowest BCUT2D eigenvalue weighted by Crippen LogP contribution is -2.25. The zero-order chi connectivity index (χ0) is 20.9. The molecule has 0 saturated carbocycles. The van der Waals surface area contributed by atoms with Gasteiger partial charge in [0.2, 0.25) is 0 Å². The number of hydrogen-bond donors (Lipinski definition) is 2. The average Bonchev–Trinajstić information content (AvgIpc) is 3.23. The number of methoxy groups -OCH3 is 2. The molecule has 1 heterocycles. The second kappa shape index (κ2) is 9.06. The molecule has 0 amide bonds. The number of fused-ring (bicyclic) bond motifs is 1. The highest BCUT2D eigenvalue weighted by Crippen LogP contribution is 2.40. The minimum Gasteiger partial charge on any atom is -0.493 e. The van der Waals surface area contributed by atoms with E-state index in [1.165, 1.54) is 16.5 Å². The van der Waals surface area contributed by atoms with Gasteiger partial charge in [-0.3, -0.25) is 0 Å². The highest BCUT2D eigenvalue weighted by molar-refractivity contribution is 5.84. The number of H-pyrrole nitrogens is 1. The molecule has 0 saturated heterocycles. The van der Waals surface area contributed by atoms with Crippen molar-refractivity contribution in [3.8, 4) is 11.5 Å². The summed E-state index contributed by atoms with van der Waals surface area (Å²) in [4.78, 5) is 3.42. The van der Waals surface area contributed by atoms with Crippen LogP contribution in [-0.2, 0) is 0 Å². The first-order chi connectivity index (χ1) is 14.7. The normalized spacial score (nSPS) is 13.2.